The molecule has 0 saturated heterocycles. The number of aryl methyl sites for hydroxylation is 4. The SMILES string of the molecule is Cc1nn(CCC(=O)Nc2cn(C)nc2C)cc1Br. The number of aromatic nitrogens is 4. The lowest BCUT2D eigenvalue weighted by molar-refractivity contribution is -0.116. The van der Waals surface area contributed by atoms with E-state index in [0.29, 0.717) is 13.0 Å². The summed E-state index contributed by atoms with van der Waals surface area (Å²) in [5.41, 5.74) is 2.49. The lowest BCUT2D eigenvalue weighted by Gasteiger charge is -2.03. The highest BCUT2D eigenvalue weighted by atomic mass is 79.9. The lowest BCUT2D eigenvalue weighted by atomic mass is 10.3. The molecule has 0 fully saturated rings. The normalized spacial score (nSPS) is 10.7. The topological polar surface area (TPSA) is 64.7 Å². The van der Waals surface area contributed by atoms with E-state index in [1.165, 1.54) is 0 Å². The van der Waals surface area contributed by atoms with E-state index < -0.39 is 0 Å². The Morgan fingerprint density at radius 2 is 2.05 bits per heavy atom. The van der Waals surface area contributed by atoms with Crippen molar-refractivity contribution in [2.75, 3.05) is 5.32 Å². The van der Waals surface area contributed by atoms with Crippen LogP contribution in [0.15, 0.2) is 16.9 Å². The highest BCUT2D eigenvalue weighted by Gasteiger charge is 2.08. The summed E-state index contributed by atoms with van der Waals surface area (Å²) in [6.07, 6.45) is 4.04. The largest absolute Gasteiger partial charge is 0.323 e. The van der Waals surface area contributed by atoms with Crippen molar-refractivity contribution in [2.24, 2.45) is 7.05 Å². The molecule has 0 aliphatic heterocycles. The maximum Gasteiger partial charge on any atom is 0.226 e. The number of hydrogen-bond donors (Lipinski definition) is 1. The molecular formula is C12H16BrN5O. The van der Waals surface area contributed by atoms with Gasteiger partial charge >= 0.3 is 0 Å². The molecule has 6 nitrogen and oxygen atoms in total. The molecule has 2 rings (SSSR count). The Hall–Kier alpha value is -1.63. The van der Waals surface area contributed by atoms with Crippen molar-refractivity contribution in [3.63, 3.8) is 0 Å². The van der Waals surface area contributed by atoms with Crippen LogP contribution in [0.2, 0.25) is 0 Å². The van der Waals surface area contributed by atoms with Crippen LogP contribution in [0.1, 0.15) is 17.8 Å². The van der Waals surface area contributed by atoms with Crippen molar-refractivity contribution in [2.45, 2.75) is 26.8 Å². The number of anilines is 1. The Balaban J connectivity index is 1.90. The average Bonchev–Trinajstić information content (AvgIpc) is 2.80. The molecule has 1 amide bonds. The van der Waals surface area contributed by atoms with E-state index in [1.54, 1.807) is 15.6 Å². The van der Waals surface area contributed by atoms with Gasteiger partial charge in [0.05, 0.1) is 21.5 Å². The van der Waals surface area contributed by atoms with Gasteiger partial charge in [0.1, 0.15) is 0 Å². The first-order chi connectivity index (χ1) is 8.95. The molecule has 102 valence electrons. The molecule has 2 aromatic rings. The summed E-state index contributed by atoms with van der Waals surface area (Å²) in [6.45, 7) is 4.33. The maximum absolute atomic E-state index is 11.8. The van der Waals surface area contributed by atoms with Gasteiger partial charge in [-0.05, 0) is 29.8 Å². The van der Waals surface area contributed by atoms with Gasteiger partial charge in [0, 0.05) is 32.4 Å². The van der Waals surface area contributed by atoms with E-state index in [4.69, 9.17) is 0 Å². The first-order valence-corrected chi connectivity index (χ1v) is 6.74. The fourth-order valence-electron chi connectivity index (χ4n) is 1.76. The molecule has 7 heteroatoms. The predicted octanol–water partition coefficient (Wildman–Crippen LogP) is 2.02. The van der Waals surface area contributed by atoms with E-state index in [-0.39, 0.29) is 5.91 Å². The van der Waals surface area contributed by atoms with Crippen LogP contribution >= 0.6 is 15.9 Å². The van der Waals surface area contributed by atoms with Crippen molar-refractivity contribution in [3.8, 4) is 0 Å². The molecule has 0 unspecified atom stereocenters. The van der Waals surface area contributed by atoms with Gasteiger partial charge in [0.2, 0.25) is 5.91 Å². The zero-order valence-corrected chi connectivity index (χ0v) is 12.7. The Morgan fingerprint density at radius 1 is 1.32 bits per heavy atom. The van der Waals surface area contributed by atoms with Crippen LogP contribution in [0.4, 0.5) is 5.69 Å². The first-order valence-electron chi connectivity index (χ1n) is 5.95. The van der Waals surface area contributed by atoms with Gasteiger partial charge in [0.15, 0.2) is 0 Å². The molecule has 0 aliphatic carbocycles. The van der Waals surface area contributed by atoms with Crippen molar-refractivity contribution >= 4 is 27.5 Å². The molecule has 2 heterocycles. The fraction of sp³-hybridized carbons (Fsp3) is 0.417. The molecule has 1 N–H and O–H groups in total. The van der Waals surface area contributed by atoms with Crippen LogP contribution in [0.5, 0.6) is 0 Å². The van der Waals surface area contributed by atoms with Gasteiger partial charge in [0.25, 0.3) is 0 Å². The summed E-state index contributed by atoms with van der Waals surface area (Å²) in [5.74, 6) is -0.0413. The summed E-state index contributed by atoms with van der Waals surface area (Å²) in [7, 11) is 1.83. The first kappa shape index (κ1) is 13.8. The van der Waals surface area contributed by atoms with Crippen LogP contribution in [-0.4, -0.2) is 25.5 Å². The smallest absolute Gasteiger partial charge is 0.226 e. The third-order valence-corrected chi connectivity index (χ3v) is 3.52. The van der Waals surface area contributed by atoms with Crippen LogP contribution in [0.3, 0.4) is 0 Å². The Bertz CT molecular complexity index is 582. The van der Waals surface area contributed by atoms with E-state index in [9.17, 15) is 4.79 Å². The quantitative estimate of drug-likeness (QED) is 0.935. The fourth-order valence-corrected chi connectivity index (χ4v) is 2.07. The summed E-state index contributed by atoms with van der Waals surface area (Å²) < 4.78 is 4.39. The van der Waals surface area contributed by atoms with E-state index >= 15 is 0 Å². The molecule has 2 aromatic heterocycles. The zero-order chi connectivity index (χ0) is 14.0. The molecular weight excluding hydrogens is 310 g/mol. The van der Waals surface area contributed by atoms with Crippen molar-refractivity contribution in [1.29, 1.82) is 0 Å². The Labute approximate surface area is 119 Å². The van der Waals surface area contributed by atoms with E-state index in [2.05, 4.69) is 31.4 Å². The summed E-state index contributed by atoms with van der Waals surface area (Å²) in [4.78, 5) is 11.8. The van der Waals surface area contributed by atoms with Crippen molar-refractivity contribution in [1.82, 2.24) is 19.6 Å². The number of carbonyl (C=O) groups excluding carboxylic acids is 1. The number of nitrogens with one attached hydrogen (secondary N) is 1. The number of nitrogens with zero attached hydrogens (tertiary/aromatic N) is 4. The van der Waals surface area contributed by atoms with Gasteiger partial charge in [-0.3, -0.25) is 14.2 Å². The number of rotatable bonds is 4. The van der Waals surface area contributed by atoms with Crippen LogP contribution in [0, 0.1) is 13.8 Å². The average molecular weight is 326 g/mol. The van der Waals surface area contributed by atoms with Gasteiger partial charge in [-0.1, -0.05) is 0 Å². The van der Waals surface area contributed by atoms with Gasteiger partial charge in [-0.15, -0.1) is 0 Å². The third-order valence-electron chi connectivity index (χ3n) is 2.74. The highest BCUT2D eigenvalue weighted by Crippen LogP contribution is 2.14. The van der Waals surface area contributed by atoms with Crippen LogP contribution in [-0.2, 0) is 18.4 Å². The molecule has 0 bridgehead atoms. The molecule has 0 spiro atoms. The molecule has 0 saturated carbocycles. The summed E-state index contributed by atoms with van der Waals surface area (Å²) >= 11 is 3.39. The third kappa shape index (κ3) is 3.44. The van der Waals surface area contributed by atoms with Crippen LogP contribution in [0.25, 0.3) is 0 Å². The van der Waals surface area contributed by atoms with E-state index in [0.717, 1.165) is 21.5 Å². The van der Waals surface area contributed by atoms with E-state index in [1.807, 2.05) is 27.1 Å². The standard InChI is InChI=1S/C12H16BrN5O/c1-8-10(13)6-18(16-8)5-4-12(19)14-11-7-17(3)15-9(11)2/h6-7H,4-5H2,1-3H3,(H,14,19). The molecule has 0 radical (unpaired) electrons. The van der Waals surface area contributed by atoms with Crippen molar-refractivity contribution in [3.05, 3.63) is 28.3 Å². The molecule has 0 aromatic carbocycles. The number of carbonyl (C=O) groups is 1. The maximum atomic E-state index is 11.8. The minimum atomic E-state index is -0.0413. The number of amides is 1. The minimum absolute atomic E-state index is 0.0413. The predicted molar refractivity (Wildman–Crippen MR) is 75.9 cm³/mol. The second-order valence-electron chi connectivity index (χ2n) is 4.43. The van der Waals surface area contributed by atoms with Gasteiger partial charge in [-0.25, -0.2) is 0 Å². The molecule has 0 aliphatic rings. The van der Waals surface area contributed by atoms with Crippen LogP contribution < -0.4 is 5.32 Å². The zero-order valence-electron chi connectivity index (χ0n) is 11.1. The Morgan fingerprint density at radius 3 is 2.58 bits per heavy atom. The van der Waals surface area contributed by atoms with Gasteiger partial charge < -0.3 is 5.32 Å². The molecule has 0 atom stereocenters. The highest BCUT2D eigenvalue weighted by molar-refractivity contribution is 9.10. The lowest BCUT2D eigenvalue weighted by Crippen LogP contribution is -2.15. The Kier molecular flexibility index (Phi) is 4.04. The minimum Gasteiger partial charge on any atom is -0.323 e. The second kappa shape index (κ2) is 5.56. The summed E-state index contributed by atoms with van der Waals surface area (Å²) in [6, 6.07) is 0. The number of hydrogen-bond acceptors (Lipinski definition) is 3. The monoisotopic (exact) mass is 325 g/mol. The van der Waals surface area contributed by atoms with Gasteiger partial charge in [-0.2, -0.15) is 10.2 Å². The summed E-state index contributed by atoms with van der Waals surface area (Å²) in [5, 5.41) is 11.3. The van der Waals surface area contributed by atoms with Crippen molar-refractivity contribution < 1.29 is 4.79 Å². The number of halogens is 1. The second-order valence-corrected chi connectivity index (χ2v) is 5.28. The molecule has 19 heavy (non-hydrogen) atoms.